The van der Waals surface area contributed by atoms with E-state index in [4.69, 9.17) is 5.11 Å². The summed E-state index contributed by atoms with van der Waals surface area (Å²) in [6.45, 7) is 0. The topological polar surface area (TPSA) is 107 Å². The van der Waals surface area contributed by atoms with Gasteiger partial charge in [0.05, 0.1) is 12.7 Å². The van der Waals surface area contributed by atoms with Gasteiger partial charge in [0.25, 0.3) is 0 Å². The van der Waals surface area contributed by atoms with Crippen LogP contribution in [-0.2, 0) is 14.9 Å². The average molecular weight is 328 g/mol. The predicted molar refractivity (Wildman–Crippen MR) is 60.3 cm³/mol. The summed E-state index contributed by atoms with van der Waals surface area (Å²) in [5.74, 6) is -3.74. The number of carbonyl (C=O) groups is 2. The Morgan fingerprint density at radius 2 is 1.81 bits per heavy atom. The van der Waals surface area contributed by atoms with E-state index >= 15 is 0 Å². The summed E-state index contributed by atoms with van der Waals surface area (Å²) in [4.78, 5) is 22.1. The number of methoxy groups -OCH3 is 1. The van der Waals surface area contributed by atoms with E-state index in [0.717, 1.165) is 13.2 Å². The fourth-order valence-corrected chi connectivity index (χ4v) is 1.65. The highest BCUT2D eigenvalue weighted by molar-refractivity contribution is 7.88. The largest absolute Gasteiger partial charge is 0.534 e. The van der Waals surface area contributed by atoms with E-state index < -0.39 is 44.4 Å². The SMILES string of the molecule is COC(=O)c1cc(C(=O)O)ccc1OS(=O)(=O)C(F)(F)F. The van der Waals surface area contributed by atoms with Crippen LogP contribution in [0.3, 0.4) is 0 Å². The highest BCUT2D eigenvalue weighted by Crippen LogP contribution is 2.29. The number of carbonyl (C=O) groups excluding carboxylic acids is 1. The molecule has 1 N–H and O–H groups in total. The first-order valence-corrected chi connectivity index (χ1v) is 6.37. The molecule has 116 valence electrons. The third-order valence-corrected chi connectivity index (χ3v) is 3.08. The highest BCUT2D eigenvalue weighted by Gasteiger charge is 2.49. The summed E-state index contributed by atoms with van der Waals surface area (Å²) >= 11 is 0. The summed E-state index contributed by atoms with van der Waals surface area (Å²) < 4.78 is 66.5. The number of benzene rings is 1. The number of halogens is 3. The van der Waals surface area contributed by atoms with Crippen molar-refractivity contribution >= 4 is 22.1 Å². The number of rotatable bonds is 4. The van der Waals surface area contributed by atoms with Crippen LogP contribution in [0, 0.1) is 0 Å². The molecule has 0 aliphatic carbocycles. The van der Waals surface area contributed by atoms with Crippen molar-refractivity contribution in [3.05, 3.63) is 29.3 Å². The maximum absolute atomic E-state index is 12.2. The lowest BCUT2D eigenvalue weighted by Gasteiger charge is -2.12. The summed E-state index contributed by atoms with van der Waals surface area (Å²) in [5, 5.41) is 8.73. The van der Waals surface area contributed by atoms with Gasteiger partial charge in [-0.15, -0.1) is 0 Å². The van der Waals surface area contributed by atoms with Crippen LogP contribution in [0.25, 0.3) is 0 Å². The van der Waals surface area contributed by atoms with Crippen molar-refractivity contribution in [2.75, 3.05) is 7.11 Å². The quantitative estimate of drug-likeness (QED) is 0.506. The zero-order chi connectivity index (χ0) is 16.4. The molecule has 1 aromatic carbocycles. The minimum atomic E-state index is -6.00. The van der Waals surface area contributed by atoms with Gasteiger partial charge in [-0.25, -0.2) is 9.59 Å². The van der Waals surface area contributed by atoms with Crippen LogP contribution in [-0.4, -0.2) is 38.1 Å². The first-order valence-electron chi connectivity index (χ1n) is 4.96. The fourth-order valence-electron chi connectivity index (χ4n) is 1.17. The average Bonchev–Trinajstić information content (AvgIpc) is 2.36. The van der Waals surface area contributed by atoms with Crippen molar-refractivity contribution in [3.63, 3.8) is 0 Å². The van der Waals surface area contributed by atoms with Gasteiger partial charge >= 0.3 is 27.6 Å². The molecule has 0 unspecified atom stereocenters. The number of carboxylic acid groups (broad SMARTS) is 1. The first-order chi connectivity index (χ1) is 9.49. The van der Waals surface area contributed by atoms with Crippen LogP contribution in [0.5, 0.6) is 5.75 Å². The third-order valence-electron chi connectivity index (χ3n) is 2.11. The Kier molecular flexibility index (Phi) is 4.46. The first kappa shape index (κ1) is 16.8. The zero-order valence-corrected chi connectivity index (χ0v) is 11.0. The Morgan fingerprint density at radius 1 is 1.24 bits per heavy atom. The molecular formula is C10H7F3O7S. The molecule has 11 heteroatoms. The van der Waals surface area contributed by atoms with Crippen molar-refractivity contribution in [2.24, 2.45) is 0 Å². The maximum atomic E-state index is 12.2. The van der Waals surface area contributed by atoms with Gasteiger partial charge in [-0.1, -0.05) is 0 Å². The van der Waals surface area contributed by atoms with Crippen molar-refractivity contribution in [1.29, 1.82) is 0 Å². The Bertz CT molecular complexity index is 678. The van der Waals surface area contributed by atoms with E-state index in [-0.39, 0.29) is 0 Å². The minimum Gasteiger partial charge on any atom is -0.478 e. The van der Waals surface area contributed by atoms with Crippen LogP contribution in [0.2, 0.25) is 0 Å². The van der Waals surface area contributed by atoms with Gasteiger partial charge in [0, 0.05) is 0 Å². The number of carboxylic acids is 1. The van der Waals surface area contributed by atoms with Crippen LogP contribution in [0.15, 0.2) is 18.2 Å². The van der Waals surface area contributed by atoms with E-state index in [1.54, 1.807) is 0 Å². The van der Waals surface area contributed by atoms with E-state index in [1.807, 2.05) is 0 Å². The molecule has 0 amide bonds. The van der Waals surface area contributed by atoms with Crippen molar-refractivity contribution in [2.45, 2.75) is 5.51 Å². The number of aromatic carboxylic acids is 1. The maximum Gasteiger partial charge on any atom is 0.534 e. The smallest absolute Gasteiger partial charge is 0.478 e. The molecule has 0 spiro atoms. The lowest BCUT2D eigenvalue weighted by molar-refractivity contribution is -0.0500. The molecule has 0 bridgehead atoms. The molecule has 0 aliphatic rings. The van der Waals surface area contributed by atoms with E-state index in [9.17, 15) is 31.2 Å². The molecule has 0 heterocycles. The van der Waals surface area contributed by atoms with Gasteiger partial charge in [0.15, 0.2) is 5.75 Å². The van der Waals surface area contributed by atoms with Crippen LogP contribution in [0.4, 0.5) is 13.2 Å². The summed E-state index contributed by atoms with van der Waals surface area (Å²) in [7, 11) is -5.13. The number of alkyl halides is 3. The second kappa shape index (κ2) is 5.60. The second-order valence-corrected chi connectivity index (χ2v) is 5.03. The van der Waals surface area contributed by atoms with Gasteiger partial charge in [-0.2, -0.15) is 21.6 Å². The summed E-state index contributed by atoms with van der Waals surface area (Å²) in [6.07, 6.45) is 0. The Hall–Kier alpha value is -2.30. The van der Waals surface area contributed by atoms with Gasteiger partial charge < -0.3 is 14.0 Å². The number of hydrogen-bond acceptors (Lipinski definition) is 6. The van der Waals surface area contributed by atoms with Gasteiger partial charge in [0.2, 0.25) is 0 Å². The molecular weight excluding hydrogens is 321 g/mol. The zero-order valence-electron chi connectivity index (χ0n) is 10.2. The van der Waals surface area contributed by atoms with Gasteiger partial charge in [-0.3, -0.25) is 0 Å². The van der Waals surface area contributed by atoms with Crippen molar-refractivity contribution < 1.29 is 45.2 Å². The number of ether oxygens (including phenoxy) is 1. The van der Waals surface area contributed by atoms with Crippen molar-refractivity contribution in [1.82, 2.24) is 0 Å². The molecule has 0 radical (unpaired) electrons. The molecule has 1 rings (SSSR count). The third kappa shape index (κ3) is 3.62. The molecule has 0 aliphatic heterocycles. The van der Waals surface area contributed by atoms with Crippen LogP contribution >= 0.6 is 0 Å². The highest BCUT2D eigenvalue weighted by atomic mass is 32.2. The standard InChI is InChI=1S/C10H7F3O7S/c1-19-9(16)6-4-5(8(14)15)2-3-7(6)20-21(17,18)10(11,12)13/h2-4H,1H3,(H,14,15). The second-order valence-electron chi connectivity index (χ2n) is 3.49. The molecule has 0 fully saturated rings. The summed E-state index contributed by atoms with van der Waals surface area (Å²) in [5.41, 5.74) is -6.94. The molecule has 0 aromatic heterocycles. The monoisotopic (exact) mass is 328 g/mol. The van der Waals surface area contributed by atoms with Crippen molar-refractivity contribution in [3.8, 4) is 5.75 Å². The Morgan fingerprint density at radius 3 is 2.24 bits per heavy atom. The van der Waals surface area contributed by atoms with Crippen LogP contribution in [0.1, 0.15) is 20.7 Å². The number of esters is 1. The van der Waals surface area contributed by atoms with E-state index in [2.05, 4.69) is 8.92 Å². The molecule has 1 aromatic rings. The lowest BCUT2D eigenvalue weighted by atomic mass is 10.1. The van der Waals surface area contributed by atoms with Gasteiger partial charge in [-0.05, 0) is 18.2 Å². The predicted octanol–water partition coefficient (Wildman–Crippen LogP) is 1.40. The minimum absolute atomic E-state index is 0.466. The normalized spacial score (nSPS) is 11.8. The van der Waals surface area contributed by atoms with E-state index in [0.29, 0.717) is 12.1 Å². The molecule has 0 saturated heterocycles. The van der Waals surface area contributed by atoms with E-state index in [1.165, 1.54) is 0 Å². The molecule has 7 nitrogen and oxygen atoms in total. The fraction of sp³-hybridized carbons (Fsp3) is 0.200. The van der Waals surface area contributed by atoms with Gasteiger partial charge in [0.1, 0.15) is 5.56 Å². The number of hydrogen-bond donors (Lipinski definition) is 1. The lowest BCUT2D eigenvalue weighted by Crippen LogP contribution is -2.28. The molecule has 21 heavy (non-hydrogen) atoms. The molecule has 0 saturated carbocycles. The Labute approximate surface area is 116 Å². The summed E-state index contributed by atoms with van der Waals surface area (Å²) in [6, 6.07) is 2.02. The Balaban J connectivity index is 3.37. The molecule has 0 atom stereocenters. The van der Waals surface area contributed by atoms with Crippen LogP contribution < -0.4 is 4.18 Å².